The summed E-state index contributed by atoms with van der Waals surface area (Å²) in [5.41, 5.74) is 0. The zero-order valence-electron chi connectivity index (χ0n) is 10.9. The van der Waals surface area contributed by atoms with Gasteiger partial charge >= 0.3 is 0 Å². The third-order valence-electron chi connectivity index (χ3n) is 3.85. The van der Waals surface area contributed by atoms with Crippen molar-refractivity contribution in [3.8, 4) is 5.75 Å². The summed E-state index contributed by atoms with van der Waals surface area (Å²) in [5.74, 6) is 0.175. The highest BCUT2D eigenvalue weighted by Crippen LogP contribution is 2.30. The fourth-order valence-corrected chi connectivity index (χ4v) is 6.58. The van der Waals surface area contributed by atoms with E-state index in [1.165, 1.54) is 7.11 Å². The van der Waals surface area contributed by atoms with E-state index in [1.54, 1.807) is 0 Å². The normalized spacial score (nSPS) is 11.6. The molecular formula is C13H20BrFOSi. The fraction of sp³-hybridized carbons (Fsp3) is 0.538. The average molecular weight is 319 g/mol. The van der Waals surface area contributed by atoms with Gasteiger partial charge in [0, 0.05) is 0 Å². The van der Waals surface area contributed by atoms with Gasteiger partial charge in [-0.1, -0.05) is 45.0 Å². The van der Waals surface area contributed by atoms with Crippen molar-refractivity contribution in [3.05, 3.63) is 22.4 Å². The third-order valence-corrected chi connectivity index (χ3v) is 10.1. The van der Waals surface area contributed by atoms with Gasteiger partial charge in [0.25, 0.3) is 0 Å². The summed E-state index contributed by atoms with van der Waals surface area (Å²) in [6.45, 7) is 6.52. The number of methoxy groups -OCH3 is 1. The largest absolute Gasteiger partial charge is 0.492 e. The molecule has 1 aromatic carbocycles. The minimum atomic E-state index is -1.68. The molecule has 0 N–H and O–H groups in total. The molecule has 0 saturated heterocycles. The summed E-state index contributed by atoms with van der Waals surface area (Å²) in [6, 6.07) is 7.05. The van der Waals surface area contributed by atoms with Gasteiger partial charge < -0.3 is 4.74 Å². The molecule has 0 spiro atoms. The number of benzene rings is 1. The highest BCUT2D eigenvalue weighted by molar-refractivity contribution is 9.10. The molecule has 0 bridgehead atoms. The van der Waals surface area contributed by atoms with Crippen molar-refractivity contribution in [2.45, 2.75) is 38.9 Å². The molecule has 0 fully saturated rings. The van der Waals surface area contributed by atoms with E-state index in [1.807, 2.05) is 12.1 Å². The number of ether oxygens (including phenoxy) is 1. The van der Waals surface area contributed by atoms with Gasteiger partial charge in [-0.15, -0.1) is 0 Å². The van der Waals surface area contributed by atoms with Gasteiger partial charge in [0.05, 0.1) is 19.7 Å². The van der Waals surface area contributed by atoms with Crippen LogP contribution < -0.4 is 9.92 Å². The Kier molecular flexibility index (Phi) is 5.19. The molecule has 1 nitrogen and oxygen atoms in total. The first-order chi connectivity index (χ1) is 8.06. The van der Waals surface area contributed by atoms with Gasteiger partial charge in [0.15, 0.2) is 11.6 Å². The first kappa shape index (κ1) is 14.7. The maximum Gasteiger partial charge on any atom is 0.168 e. The number of rotatable bonds is 5. The molecule has 0 aliphatic carbocycles. The van der Waals surface area contributed by atoms with Crippen molar-refractivity contribution < 1.29 is 9.13 Å². The monoisotopic (exact) mass is 318 g/mol. The Hall–Kier alpha value is -0.353. The molecule has 0 atom stereocenters. The first-order valence-electron chi connectivity index (χ1n) is 6.08. The van der Waals surface area contributed by atoms with E-state index in [9.17, 15) is 4.39 Å². The fourth-order valence-electron chi connectivity index (χ4n) is 2.45. The molecular weight excluding hydrogens is 299 g/mol. The maximum atomic E-state index is 14.5. The van der Waals surface area contributed by atoms with Crippen LogP contribution in [0, 0.1) is 5.82 Å². The Bertz CT molecular complexity index is 383. The lowest BCUT2D eigenvalue weighted by Crippen LogP contribution is -2.47. The first-order valence-corrected chi connectivity index (χ1v) is 9.50. The van der Waals surface area contributed by atoms with E-state index >= 15 is 0 Å². The molecule has 1 aromatic rings. The molecule has 0 aliphatic rings. The van der Waals surface area contributed by atoms with Gasteiger partial charge in [-0.2, -0.15) is 0 Å². The van der Waals surface area contributed by atoms with E-state index in [4.69, 9.17) is 4.74 Å². The molecule has 0 unspecified atom stereocenters. The van der Waals surface area contributed by atoms with Gasteiger partial charge in [-0.3, -0.25) is 0 Å². The average Bonchev–Trinajstić information content (AvgIpc) is 2.34. The van der Waals surface area contributed by atoms with Crippen molar-refractivity contribution in [2.24, 2.45) is 0 Å². The lowest BCUT2D eigenvalue weighted by molar-refractivity contribution is 0.385. The second kappa shape index (κ2) is 6.00. The number of hydrogen-bond donors (Lipinski definition) is 0. The van der Waals surface area contributed by atoms with Crippen LogP contribution >= 0.6 is 15.9 Å². The van der Waals surface area contributed by atoms with Crippen LogP contribution in [0.1, 0.15) is 20.8 Å². The van der Waals surface area contributed by atoms with E-state index in [0.29, 0.717) is 10.2 Å². The highest BCUT2D eigenvalue weighted by Gasteiger charge is 2.33. The zero-order valence-corrected chi connectivity index (χ0v) is 13.5. The molecule has 0 aromatic heterocycles. The molecule has 0 heterocycles. The lowest BCUT2D eigenvalue weighted by Gasteiger charge is -2.29. The van der Waals surface area contributed by atoms with Gasteiger partial charge in [-0.05, 0) is 27.2 Å². The van der Waals surface area contributed by atoms with Gasteiger partial charge in [-0.25, -0.2) is 4.39 Å². The van der Waals surface area contributed by atoms with E-state index in [2.05, 4.69) is 36.7 Å². The van der Waals surface area contributed by atoms with Crippen molar-refractivity contribution in [1.29, 1.82) is 0 Å². The second-order valence-electron chi connectivity index (χ2n) is 4.28. The van der Waals surface area contributed by atoms with Crippen molar-refractivity contribution in [2.75, 3.05) is 7.11 Å². The van der Waals surface area contributed by atoms with Crippen LogP contribution in [-0.2, 0) is 0 Å². The molecule has 0 amide bonds. The Morgan fingerprint density at radius 1 is 1.18 bits per heavy atom. The van der Waals surface area contributed by atoms with Crippen molar-refractivity contribution in [3.63, 3.8) is 0 Å². The molecule has 4 heteroatoms. The Labute approximate surface area is 113 Å². The molecule has 1 rings (SSSR count). The molecule has 96 valence electrons. The van der Waals surface area contributed by atoms with Crippen molar-refractivity contribution in [1.82, 2.24) is 0 Å². The standard InChI is InChI=1S/C13H20BrFOSi/c1-5-17(6-2,7-3)11-9-8-10(14)13(16-4)12(11)15/h8-9H,5-7H2,1-4H3. The summed E-state index contributed by atoms with van der Waals surface area (Å²) in [6.07, 6.45) is 0. The van der Waals surface area contributed by atoms with Crippen LogP contribution in [0.3, 0.4) is 0 Å². The predicted octanol–water partition coefficient (Wildman–Crippen LogP) is 4.31. The molecule has 0 aliphatic heterocycles. The van der Waals surface area contributed by atoms with Gasteiger partial charge in [0.1, 0.15) is 0 Å². The summed E-state index contributed by atoms with van der Waals surface area (Å²) in [7, 11) is -0.171. The summed E-state index contributed by atoms with van der Waals surface area (Å²) in [4.78, 5) is 0. The topological polar surface area (TPSA) is 9.23 Å². The quantitative estimate of drug-likeness (QED) is 0.735. The van der Waals surface area contributed by atoms with Crippen molar-refractivity contribution >= 4 is 29.2 Å². The Balaban J connectivity index is 3.40. The zero-order chi connectivity index (χ0) is 13.1. The van der Waals surface area contributed by atoms with Crippen LogP contribution in [-0.4, -0.2) is 15.2 Å². The lowest BCUT2D eigenvalue weighted by atomic mass is 10.3. The minimum absolute atomic E-state index is 0.168. The molecule has 17 heavy (non-hydrogen) atoms. The van der Waals surface area contributed by atoms with Crippen LogP contribution in [0.5, 0.6) is 5.75 Å². The molecule has 0 radical (unpaired) electrons. The van der Waals surface area contributed by atoms with E-state index in [-0.39, 0.29) is 5.82 Å². The van der Waals surface area contributed by atoms with E-state index < -0.39 is 8.07 Å². The van der Waals surface area contributed by atoms with Crippen LogP contribution in [0.15, 0.2) is 16.6 Å². The Morgan fingerprint density at radius 2 is 1.71 bits per heavy atom. The third kappa shape index (κ3) is 2.57. The van der Waals surface area contributed by atoms with Crippen LogP contribution in [0.25, 0.3) is 0 Å². The molecule has 0 saturated carbocycles. The summed E-state index contributed by atoms with van der Waals surface area (Å²) >= 11 is 3.32. The smallest absolute Gasteiger partial charge is 0.168 e. The number of halogens is 2. The SMILES string of the molecule is CC[Si](CC)(CC)c1ccc(Br)c(OC)c1F. The Morgan fingerprint density at radius 3 is 2.12 bits per heavy atom. The highest BCUT2D eigenvalue weighted by atomic mass is 79.9. The number of hydrogen-bond acceptors (Lipinski definition) is 1. The van der Waals surface area contributed by atoms with Gasteiger partial charge in [0.2, 0.25) is 0 Å². The minimum Gasteiger partial charge on any atom is -0.492 e. The maximum absolute atomic E-state index is 14.5. The summed E-state index contributed by atoms with van der Waals surface area (Å²) in [5, 5.41) is 0.907. The summed E-state index contributed by atoms with van der Waals surface area (Å²) < 4.78 is 20.3. The second-order valence-corrected chi connectivity index (χ2v) is 10.4. The van der Waals surface area contributed by atoms with Crippen LogP contribution in [0.4, 0.5) is 4.39 Å². The van der Waals surface area contributed by atoms with Crippen LogP contribution in [0.2, 0.25) is 18.1 Å². The van der Waals surface area contributed by atoms with E-state index in [0.717, 1.165) is 23.3 Å². The predicted molar refractivity (Wildman–Crippen MR) is 77.5 cm³/mol.